The number of para-hydroxylation sites is 1. The number of carbonyl (C=O) groups excluding carboxylic acids is 2. The first kappa shape index (κ1) is 17.5. The molecule has 0 aliphatic carbocycles. The molecular weight excluding hydrogens is 310 g/mol. The lowest BCUT2D eigenvalue weighted by molar-refractivity contribution is 0.0518. The number of esters is 1. The van der Waals surface area contributed by atoms with Gasteiger partial charge in [0.2, 0.25) is 0 Å². The summed E-state index contributed by atoms with van der Waals surface area (Å²) >= 11 is 0. The van der Waals surface area contributed by atoms with Gasteiger partial charge in [-0.3, -0.25) is 10.4 Å². The number of ether oxygens (including phenoxy) is 2. The normalized spacial score (nSPS) is 11.0. The first-order valence-corrected chi connectivity index (χ1v) is 7.62. The summed E-state index contributed by atoms with van der Waals surface area (Å²) in [6.07, 6.45) is -0.559. The topological polar surface area (TPSA) is 93.3 Å². The Morgan fingerprint density at radius 2 is 1.96 bits per heavy atom. The molecule has 7 heteroatoms. The van der Waals surface area contributed by atoms with Crippen LogP contribution in [0.25, 0.3) is 11.3 Å². The minimum atomic E-state index is -0.595. The van der Waals surface area contributed by atoms with Gasteiger partial charge in [-0.25, -0.2) is 9.59 Å². The highest BCUT2D eigenvalue weighted by Gasteiger charge is 2.19. The molecule has 1 aromatic heterocycles. The van der Waals surface area contributed by atoms with Crippen molar-refractivity contribution in [3.8, 4) is 11.3 Å². The van der Waals surface area contributed by atoms with Crippen molar-refractivity contribution in [2.75, 3.05) is 11.9 Å². The molecule has 0 unspecified atom stereocenters. The highest BCUT2D eigenvalue weighted by molar-refractivity contribution is 5.93. The van der Waals surface area contributed by atoms with E-state index in [1.807, 2.05) is 6.07 Å². The third-order valence-electron chi connectivity index (χ3n) is 2.91. The van der Waals surface area contributed by atoms with Crippen LogP contribution in [0, 0.1) is 0 Å². The number of rotatable bonds is 4. The van der Waals surface area contributed by atoms with Crippen molar-refractivity contribution in [3.05, 3.63) is 36.0 Å². The van der Waals surface area contributed by atoms with Crippen molar-refractivity contribution in [3.63, 3.8) is 0 Å². The van der Waals surface area contributed by atoms with E-state index < -0.39 is 17.7 Å². The maximum atomic E-state index is 12.0. The molecule has 2 rings (SSSR count). The van der Waals surface area contributed by atoms with Crippen LogP contribution in [0.3, 0.4) is 0 Å². The second-order valence-electron chi connectivity index (χ2n) is 6.06. The minimum Gasteiger partial charge on any atom is -0.461 e. The summed E-state index contributed by atoms with van der Waals surface area (Å²) in [5, 5.41) is 9.45. The molecule has 0 radical (unpaired) electrons. The standard InChI is InChI=1S/C17H21N3O4/c1-5-23-15(21)14-10-13(19-20-14)11-8-6-7-9-12(11)18-16(22)24-17(2,3)4/h6-10H,5H2,1-4H3,(H,18,22)(H,19,20). The highest BCUT2D eigenvalue weighted by Crippen LogP contribution is 2.27. The molecule has 2 N–H and O–H groups in total. The Kier molecular flexibility index (Phi) is 5.23. The van der Waals surface area contributed by atoms with Gasteiger partial charge in [0.15, 0.2) is 0 Å². The minimum absolute atomic E-state index is 0.249. The number of aromatic nitrogens is 2. The van der Waals surface area contributed by atoms with Gasteiger partial charge >= 0.3 is 12.1 Å². The van der Waals surface area contributed by atoms with Crippen LogP contribution in [0.2, 0.25) is 0 Å². The third-order valence-corrected chi connectivity index (χ3v) is 2.91. The fourth-order valence-corrected chi connectivity index (χ4v) is 2.00. The zero-order valence-electron chi connectivity index (χ0n) is 14.2. The fraction of sp³-hybridized carbons (Fsp3) is 0.353. The number of nitrogens with zero attached hydrogens (tertiary/aromatic N) is 1. The molecule has 2 aromatic rings. The lowest BCUT2D eigenvalue weighted by atomic mass is 10.1. The number of H-pyrrole nitrogens is 1. The second-order valence-corrected chi connectivity index (χ2v) is 6.06. The van der Waals surface area contributed by atoms with Gasteiger partial charge in [0, 0.05) is 5.56 Å². The van der Waals surface area contributed by atoms with Crippen LogP contribution in [-0.4, -0.2) is 34.5 Å². The molecule has 7 nitrogen and oxygen atoms in total. The van der Waals surface area contributed by atoms with Crippen molar-refractivity contribution in [1.82, 2.24) is 10.2 Å². The van der Waals surface area contributed by atoms with Gasteiger partial charge in [-0.15, -0.1) is 0 Å². The van der Waals surface area contributed by atoms with Crippen LogP contribution >= 0.6 is 0 Å². The zero-order valence-corrected chi connectivity index (χ0v) is 14.2. The molecule has 0 atom stereocenters. The average Bonchev–Trinajstić information content (AvgIpc) is 2.95. The van der Waals surface area contributed by atoms with Crippen molar-refractivity contribution in [2.24, 2.45) is 0 Å². The summed E-state index contributed by atoms with van der Waals surface area (Å²) in [6.45, 7) is 7.38. The largest absolute Gasteiger partial charge is 0.461 e. The Morgan fingerprint density at radius 1 is 1.25 bits per heavy atom. The van der Waals surface area contributed by atoms with Crippen molar-refractivity contribution >= 4 is 17.7 Å². The van der Waals surface area contributed by atoms with E-state index in [1.165, 1.54) is 0 Å². The predicted octanol–water partition coefficient (Wildman–Crippen LogP) is 3.60. The Bertz CT molecular complexity index is 731. The number of anilines is 1. The van der Waals surface area contributed by atoms with Crippen LogP contribution in [0.1, 0.15) is 38.2 Å². The van der Waals surface area contributed by atoms with Gasteiger partial charge in [0.1, 0.15) is 11.3 Å². The molecule has 0 saturated carbocycles. The van der Waals surface area contributed by atoms with Gasteiger partial charge < -0.3 is 9.47 Å². The number of nitrogens with one attached hydrogen (secondary N) is 2. The number of aromatic amines is 1. The van der Waals surface area contributed by atoms with E-state index >= 15 is 0 Å². The van der Waals surface area contributed by atoms with Crippen molar-refractivity contribution < 1.29 is 19.1 Å². The van der Waals surface area contributed by atoms with Crippen molar-refractivity contribution in [2.45, 2.75) is 33.3 Å². The highest BCUT2D eigenvalue weighted by atomic mass is 16.6. The van der Waals surface area contributed by atoms with Gasteiger partial charge in [0.25, 0.3) is 0 Å². The Labute approximate surface area is 140 Å². The zero-order chi connectivity index (χ0) is 17.7. The Morgan fingerprint density at radius 3 is 2.62 bits per heavy atom. The first-order valence-electron chi connectivity index (χ1n) is 7.62. The second kappa shape index (κ2) is 7.16. The molecule has 128 valence electrons. The molecule has 1 aromatic carbocycles. The molecular formula is C17H21N3O4. The van der Waals surface area contributed by atoms with Gasteiger partial charge in [0.05, 0.1) is 18.0 Å². The molecule has 0 bridgehead atoms. The number of benzene rings is 1. The maximum absolute atomic E-state index is 12.0. The fourth-order valence-electron chi connectivity index (χ4n) is 2.00. The van der Waals surface area contributed by atoms with Gasteiger partial charge in [-0.05, 0) is 39.8 Å². The number of carbonyl (C=O) groups is 2. The molecule has 1 heterocycles. The SMILES string of the molecule is CCOC(=O)c1cc(-c2ccccc2NC(=O)OC(C)(C)C)n[nH]1. The average molecular weight is 331 g/mol. The monoisotopic (exact) mass is 331 g/mol. The van der Waals surface area contributed by atoms with E-state index in [4.69, 9.17) is 9.47 Å². The number of amides is 1. The van der Waals surface area contributed by atoms with Crippen LogP contribution < -0.4 is 5.32 Å². The van der Waals surface area contributed by atoms with E-state index in [0.717, 1.165) is 0 Å². The lowest BCUT2D eigenvalue weighted by Gasteiger charge is -2.20. The predicted molar refractivity (Wildman–Crippen MR) is 89.8 cm³/mol. The lowest BCUT2D eigenvalue weighted by Crippen LogP contribution is -2.27. The number of hydrogen-bond donors (Lipinski definition) is 2. The third kappa shape index (κ3) is 4.58. The van der Waals surface area contributed by atoms with Crippen LogP contribution in [0.15, 0.2) is 30.3 Å². The van der Waals surface area contributed by atoms with E-state index in [9.17, 15) is 9.59 Å². The summed E-state index contributed by atoms with van der Waals surface area (Å²) < 4.78 is 10.2. The molecule has 0 fully saturated rings. The smallest absolute Gasteiger partial charge is 0.412 e. The van der Waals surface area contributed by atoms with Crippen LogP contribution in [-0.2, 0) is 9.47 Å². The number of hydrogen-bond acceptors (Lipinski definition) is 5. The quantitative estimate of drug-likeness (QED) is 0.835. The van der Waals surface area contributed by atoms with E-state index in [1.54, 1.807) is 52.0 Å². The van der Waals surface area contributed by atoms with E-state index in [-0.39, 0.29) is 12.3 Å². The maximum Gasteiger partial charge on any atom is 0.412 e. The Hall–Kier alpha value is -2.83. The molecule has 0 aliphatic heterocycles. The van der Waals surface area contributed by atoms with Gasteiger partial charge in [-0.1, -0.05) is 18.2 Å². The molecule has 0 saturated heterocycles. The molecule has 1 amide bonds. The summed E-state index contributed by atoms with van der Waals surface area (Å²) in [7, 11) is 0. The molecule has 0 spiro atoms. The van der Waals surface area contributed by atoms with Crippen molar-refractivity contribution in [1.29, 1.82) is 0 Å². The van der Waals surface area contributed by atoms with E-state index in [0.29, 0.717) is 16.9 Å². The summed E-state index contributed by atoms with van der Waals surface area (Å²) in [6, 6.07) is 8.70. The van der Waals surface area contributed by atoms with E-state index in [2.05, 4.69) is 15.5 Å². The molecule has 24 heavy (non-hydrogen) atoms. The molecule has 0 aliphatic rings. The summed E-state index contributed by atoms with van der Waals surface area (Å²) in [5.74, 6) is -0.478. The van der Waals surface area contributed by atoms with Crippen LogP contribution in [0.4, 0.5) is 10.5 Å². The van der Waals surface area contributed by atoms with Gasteiger partial charge in [-0.2, -0.15) is 5.10 Å². The first-order chi connectivity index (χ1) is 11.3. The van der Waals surface area contributed by atoms with Crippen LogP contribution in [0.5, 0.6) is 0 Å². The summed E-state index contributed by atoms with van der Waals surface area (Å²) in [5.41, 5.74) is 1.37. The summed E-state index contributed by atoms with van der Waals surface area (Å²) in [4.78, 5) is 23.7. The Balaban J connectivity index is 2.23.